The first kappa shape index (κ1) is 18.3. The molecule has 2 aromatic heterocycles. The lowest BCUT2D eigenvalue weighted by Crippen LogP contribution is -2.46. The van der Waals surface area contributed by atoms with E-state index in [4.69, 9.17) is 0 Å². The SMILES string of the molecule is CC(=O)NCCN(C(C)C(=O)O)S(=O)(=O)c1cnc2ccsc2c1. The third-order valence-electron chi connectivity index (χ3n) is 3.38. The van der Waals surface area contributed by atoms with Crippen molar-refractivity contribution in [2.75, 3.05) is 13.1 Å². The van der Waals surface area contributed by atoms with E-state index in [1.807, 2.05) is 0 Å². The molecule has 0 aliphatic rings. The topological polar surface area (TPSA) is 117 Å². The number of sulfonamides is 1. The van der Waals surface area contributed by atoms with Crippen molar-refractivity contribution >= 4 is 43.5 Å². The van der Waals surface area contributed by atoms with Crippen LogP contribution < -0.4 is 5.32 Å². The van der Waals surface area contributed by atoms with Gasteiger partial charge < -0.3 is 10.4 Å². The predicted molar refractivity (Wildman–Crippen MR) is 89.3 cm³/mol. The summed E-state index contributed by atoms with van der Waals surface area (Å²) in [7, 11) is -4.07. The third-order valence-corrected chi connectivity index (χ3v) is 6.17. The minimum absolute atomic E-state index is 0.0147. The van der Waals surface area contributed by atoms with Gasteiger partial charge in [-0.05, 0) is 24.4 Å². The first-order valence-corrected chi connectivity index (χ1v) is 9.38. The van der Waals surface area contributed by atoms with E-state index in [9.17, 15) is 23.1 Å². The van der Waals surface area contributed by atoms with E-state index < -0.39 is 22.0 Å². The van der Waals surface area contributed by atoms with Crippen LogP contribution in [-0.4, -0.2) is 53.8 Å². The van der Waals surface area contributed by atoms with Gasteiger partial charge in [0.15, 0.2) is 0 Å². The van der Waals surface area contributed by atoms with Crippen LogP contribution in [0, 0.1) is 0 Å². The first-order chi connectivity index (χ1) is 11.2. The highest BCUT2D eigenvalue weighted by Crippen LogP contribution is 2.24. The van der Waals surface area contributed by atoms with Crippen LogP contribution in [0.1, 0.15) is 13.8 Å². The summed E-state index contributed by atoms with van der Waals surface area (Å²) < 4.78 is 27.2. The first-order valence-electron chi connectivity index (χ1n) is 7.06. The number of nitrogens with one attached hydrogen (secondary N) is 1. The molecule has 2 aromatic rings. The molecule has 0 spiro atoms. The Morgan fingerprint density at radius 2 is 2.17 bits per heavy atom. The van der Waals surface area contributed by atoms with Gasteiger partial charge >= 0.3 is 5.97 Å². The molecular formula is C14H17N3O5S2. The summed E-state index contributed by atoms with van der Waals surface area (Å²) in [6.07, 6.45) is 1.21. The molecule has 0 saturated heterocycles. The number of aliphatic carboxylic acids is 1. The molecule has 1 amide bonds. The van der Waals surface area contributed by atoms with Crippen LogP contribution >= 0.6 is 11.3 Å². The number of fused-ring (bicyclic) bond motifs is 1. The Morgan fingerprint density at radius 3 is 2.79 bits per heavy atom. The van der Waals surface area contributed by atoms with Gasteiger partial charge in [0.2, 0.25) is 15.9 Å². The van der Waals surface area contributed by atoms with Gasteiger partial charge in [0, 0.05) is 26.2 Å². The summed E-state index contributed by atoms with van der Waals surface area (Å²) in [6, 6.07) is 1.97. The Hall–Kier alpha value is -2.04. The van der Waals surface area contributed by atoms with Gasteiger partial charge in [-0.15, -0.1) is 11.3 Å². The van der Waals surface area contributed by atoms with Crippen molar-refractivity contribution in [3.05, 3.63) is 23.7 Å². The minimum Gasteiger partial charge on any atom is -0.480 e. The number of rotatable bonds is 7. The highest BCUT2D eigenvalue weighted by atomic mass is 32.2. The Kier molecular flexibility index (Phi) is 5.52. The Labute approximate surface area is 143 Å². The van der Waals surface area contributed by atoms with Crippen molar-refractivity contribution in [3.63, 3.8) is 0 Å². The molecule has 10 heteroatoms. The maximum absolute atomic E-state index is 12.8. The smallest absolute Gasteiger partial charge is 0.321 e. The zero-order valence-electron chi connectivity index (χ0n) is 13.1. The van der Waals surface area contributed by atoms with E-state index in [-0.39, 0.29) is 23.9 Å². The highest BCUT2D eigenvalue weighted by molar-refractivity contribution is 7.89. The molecule has 0 saturated carbocycles. The summed E-state index contributed by atoms with van der Waals surface area (Å²) >= 11 is 1.35. The fraction of sp³-hybridized carbons (Fsp3) is 0.357. The lowest BCUT2D eigenvalue weighted by Gasteiger charge is -2.25. The average Bonchev–Trinajstić information content (AvgIpc) is 2.97. The van der Waals surface area contributed by atoms with Gasteiger partial charge in [-0.3, -0.25) is 14.6 Å². The van der Waals surface area contributed by atoms with Crippen molar-refractivity contribution < 1.29 is 23.1 Å². The van der Waals surface area contributed by atoms with Crippen LogP contribution in [0.3, 0.4) is 0 Å². The van der Waals surface area contributed by atoms with Crippen molar-refractivity contribution in [1.82, 2.24) is 14.6 Å². The maximum Gasteiger partial charge on any atom is 0.321 e. The summed E-state index contributed by atoms with van der Waals surface area (Å²) in [4.78, 5) is 26.3. The molecule has 1 unspecified atom stereocenters. The second-order valence-corrected chi connectivity index (χ2v) is 7.93. The average molecular weight is 371 g/mol. The van der Waals surface area contributed by atoms with Gasteiger partial charge in [0.1, 0.15) is 10.9 Å². The van der Waals surface area contributed by atoms with Gasteiger partial charge in [-0.2, -0.15) is 4.31 Å². The molecule has 0 bridgehead atoms. The molecule has 1 atom stereocenters. The maximum atomic E-state index is 12.8. The molecule has 0 aliphatic carbocycles. The summed E-state index contributed by atoms with van der Waals surface area (Å²) in [5.74, 6) is -1.59. The van der Waals surface area contributed by atoms with E-state index >= 15 is 0 Å². The molecule has 0 fully saturated rings. The number of carboxylic acid groups (broad SMARTS) is 1. The van der Waals surface area contributed by atoms with Gasteiger partial charge in [-0.25, -0.2) is 8.42 Å². The molecular weight excluding hydrogens is 354 g/mol. The van der Waals surface area contributed by atoms with Crippen LogP contribution in [0.25, 0.3) is 10.2 Å². The Balaban J connectivity index is 2.37. The molecule has 0 radical (unpaired) electrons. The van der Waals surface area contributed by atoms with E-state index in [2.05, 4.69) is 10.3 Å². The Bertz CT molecular complexity index is 862. The second-order valence-electron chi connectivity index (χ2n) is 5.09. The van der Waals surface area contributed by atoms with Gasteiger partial charge in [0.25, 0.3) is 0 Å². The fourth-order valence-corrected chi connectivity index (χ4v) is 4.51. The lowest BCUT2D eigenvalue weighted by molar-refractivity contribution is -0.140. The molecule has 24 heavy (non-hydrogen) atoms. The van der Waals surface area contributed by atoms with E-state index in [0.717, 1.165) is 4.31 Å². The number of nitrogens with zero attached hydrogens (tertiary/aromatic N) is 2. The molecule has 8 nitrogen and oxygen atoms in total. The van der Waals surface area contributed by atoms with Gasteiger partial charge in [0.05, 0.1) is 10.2 Å². The predicted octanol–water partition coefficient (Wildman–Crippen LogP) is 0.896. The van der Waals surface area contributed by atoms with Crippen molar-refractivity contribution in [2.24, 2.45) is 0 Å². The molecule has 2 N–H and O–H groups in total. The van der Waals surface area contributed by atoms with Gasteiger partial charge in [-0.1, -0.05) is 0 Å². The molecule has 130 valence electrons. The molecule has 0 aromatic carbocycles. The van der Waals surface area contributed by atoms with E-state index in [1.54, 1.807) is 11.4 Å². The van der Waals surface area contributed by atoms with Crippen molar-refractivity contribution in [1.29, 1.82) is 0 Å². The number of thiophene rings is 1. The van der Waals surface area contributed by atoms with Crippen LogP contribution in [0.4, 0.5) is 0 Å². The number of carbonyl (C=O) groups excluding carboxylic acids is 1. The van der Waals surface area contributed by atoms with Crippen LogP contribution in [-0.2, 0) is 19.6 Å². The zero-order valence-corrected chi connectivity index (χ0v) is 14.7. The van der Waals surface area contributed by atoms with Crippen LogP contribution in [0.2, 0.25) is 0 Å². The largest absolute Gasteiger partial charge is 0.480 e. The fourth-order valence-electron chi connectivity index (χ4n) is 2.09. The number of hydrogen-bond donors (Lipinski definition) is 2. The summed E-state index contributed by atoms with van der Waals surface area (Å²) in [5, 5.41) is 13.5. The zero-order chi connectivity index (χ0) is 17.9. The number of pyridine rings is 1. The molecule has 2 rings (SSSR count). The monoisotopic (exact) mass is 371 g/mol. The summed E-state index contributed by atoms with van der Waals surface area (Å²) in [5.41, 5.74) is 0.676. The number of aromatic nitrogens is 1. The van der Waals surface area contributed by atoms with Crippen molar-refractivity contribution in [3.8, 4) is 0 Å². The van der Waals surface area contributed by atoms with E-state index in [0.29, 0.717) is 10.2 Å². The lowest BCUT2D eigenvalue weighted by atomic mass is 10.3. The van der Waals surface area contributed by atoms with E-state index in [1.165, 1.54) is 37.4 Å². The van der Waals surface area contributed by atoms with Crippen molar-refractivity contribution in [2.45, 2.75) is 24.8 Å². The standard InChI is InChI=1S/C14H17N3O5S2/c1-9(14(19)20)17(5-4-15-10(2)18)24(21,22)11-7-13-12(16-8-11)3-6-23-13/h3,6-9H,4-5H2,1-2H3,(H,15,18)(H,19,20). The number of carboxylic acids is 1. The minimum atomic E-state index is -4.07. The number of carbonyl (C=O) groups is 2. The molecule has 0 aliphatic heterocycles. The van der Waals surface area contributed by atoms with Crippen LogP contribution in [0.15, 0.2) is 28.6 Å². The number of amides is 1. The normalized spacial score (nSPS) is 13.1. The van der Waals surface area contributed by atoms with Crippen LogP contribution in [0.5, 0.6) is 0 Å². The third kappa shape index (κ3) is 3.89. The highest BCUT2D eigenvalue weighted by Gasteiger charge is 2.33. The second kappa shape index (κ2) is 7.24. The number of hydrogen-bond acceptors (Lipinski definition) is 6. The summed E-state index contributed by atoms with van der Waals surface area (Å²) in [6.45, 7) is 2.44. The Morgan fingerprint density at radius 1 is 1.46 bits per heavy atom. The molecule has 2 heterocycles. The quantitative estimate of drug-likeness (QED) is 0.747.